The van der Waals surface area contributed by atoms with Gasteiger partial charge in [-0.05, 0) is 96.7 Å². The molecular formula is C30H50N2O4. The number of rotatable bonds is 2. The van der Waals surface area contributed by atoms with E-state index in [0.717, 1.165) is 19.3 Å². The molecule has 2 amide bonds. The van der Waals surface area contributed by atoms with Gasteiger partial charge in [-0.15, -0.1) is 0 Å². The predicted molar refractivity (Wildman–Crippen MR) is 139 cm³/mol. The van der Waals surface area contributed by atoms with Gasteiger partial charge in [-0.2, -0.15) is 0 Å². The van der Waals surface area contributed by atoms with Gasteiger partial charge in [-0.3, -0.25) is 0 Å². The maximum Gasteiger partial charge on any atom is 0.316 e. The number of ether oxygens (including phenoxy) is 1. The molecule has 1 heterocycles. The molecule has 1 saturated heterocycles. The van der Waals surface area contributed by atoms with Crippen LogP contribution in [0.5, 0.6) is 0 Å². The minimum atomic E-state index is -0.471. The smallest absolute Gasteiger partial charge is 0.316 e. The largest absolute Gasteiger partial charge is 0.393 e. The van der Waals surface area contributed by atoms with E-state index >= 15 is 0 Å². The van der Waals surface area contributed by atoms with Crippen LogP contribution in [-0.2, 0) is 4.74 Å². The Hall–Kier alpha value is -0.850. The minimum absolute atomic E-state index is 0.0154. The zero-order valence-corrected chi connectivity index (χ0v) is 23.6. The quantitative estimate of drug-likeness (QED) is 0.522. The van der Waals surface area contributed by atoms with Gasteiger partial charge in [-0.1, -0.05) is 34.6 Å². The number of amides is 2. The number of nitrogens with zero attached hydrogens (tertiary/aromatic N) is 1. The summed E-state index contributed by atoms with van der Waals surface area (Å²) >= 11 is 0. The van der Waals surface area contributed by atoms with Crippen LogP contribution >= 0.6 is 0 Å². The standard InChI is InChI=1S/C30H50N2O4/c1-17-14-18(15-31-25(35)32(6)7)36-23-22(17)27(4)12-13-30-16-29(30)11-10-21(33)26(2,3)19(29)8-9-20(30)28(27,5)24(23)34/h17-24,33-34H,8-16H2,1-7H3,(H,31,35)/t17-,18-,19+,20+,21+,22+,23+,24+,27-,28-,29-,30+/m1/s1. The van der Waals surface area contributed by atoms with Gasteiger partial charge in [0.2, 0.25) is 0 Å². The lowest BCUT2D eigenvalue weighted by atomic mass is 9.41. The van der Waals surface area contributed by atoms with Crippen LogP contribution in [0.4, 0.5) is 4.79 Å². The highest BCUT2D eigenvalue weighted by Crippen LogP contribution is 2.89. The molecule has 6 aliphatic rings. The average Bonchev–Trinajstić information content (AvgIpc) is 3.45. The molecule has 6 fully saturated rings. The fraction of sp³-hybridized carbons (Fsp3) is 0.967. The molecule has 1 aliphatic heterocycles. The lowest BCUT2D eigenvalue weighted by molar-refractivity contribution is -0.182. The highest BCUT2D eigenvalue weighted by molar-refractivity contribution is 5.73. The summed E-state index contributed by atoms with van der Waals surface area (Å²) in [7, 11) is 3.51. The maximum atomic E-state index is 12.2. The van der Waals surface area contributed by atoms with Crippen molar-refractivity contribution < 1.29 is 19.7 Å². The Morgan fingerprint density at radius 2 is 1.67 bits per heavy atom. The number of fused-ring (bicyclic) bond motifs is 4. The lowest BCUT2D eigenvalue weighted by Crippen LogP contribution is -2.59. The molecule has 0 radical (unpaired) electrons. The van der Waals surface area contributed by atoms with Gasteiger partial charge in [0.25, 0.3) is 0 Å². The molecule has 6 heteroatoms. The molecule has 0 aromatic rings. The molecule has 5 aliphatic carbocycles. The number of aliphatic hydroxyl groups is 2. The zero-order chi connectivity index (χ0) is 26.1. The number of hydrogen-bond donors (Lipinski definition) is 3. The number of aliphatic hydroxyl groups excluding tert-OH is 2. The number of carbonyl (C=O) groups is 1. The Bertz CT molecular complexity index is 938. The molecule has 6 nitrogen and oxygen atoms in total. The maximum absolute atomic E-state index is 12.2. The number of carbonyl (C=O) groups excluding carboxylic acids is 1. The fourth-order valence-electron chi connectivity index (χ4n) is 11.9. The zero-order valence-electron chi connectivity index (χ0n) is 23.6. The summed E-state index contributed by atoms with van der Waals surface area (Å²) in [5.74, 6) is 1.93. The van der Waals surface area contributed by atoms with E-state index in [4.69, 9.17) is 4.74 Å². The van der Waals surface area contributed by atoms with Crippen LogP contribution < -0.4 is 5.32 Å². The molecule has 0 aromatic heterocycles. The molecule has 12 atom stereocenters. The first-order valence-corrected chi connectivity index (χ1v) is 14.7. The highest BCUT2D eigenvalue weighted by Gasteiger charge is 2.84. The Morgan fingerprint density at radius 1 is 1.00 bits per heavy atom. The molecule has 5 saturated carbocycles. The molecule has 0 bridgehead atoms. The van der Waals surface area contributed by atoms with Gasteiger partial charge in [0.1, 0.15) is 0 Å². The third-order valence-corrected chi connectivity index (χ3v) is 13.7. The second kappa shape index (κ2) is 7.63. The van der Waals surface area contributed by atoms with Crippen LogP contribution in [0.2, 0.25) is 0 Å². The third kappa shape index (κ3) is 2.82. The first-order chi connectivity index (χ1) is 16.8. The van der Waals surface area contributed by atoms with E-state index in [-0.39, 0.29) is 40.6 Å². The summed E-state index contributed by atoms with van der Waals surface area (Å²) in [5.41, 5.74) is 0.578. The topological polar surface area (TPSA) is 82.0 Å². The average molecular weight is 503 g/mol. The first-order valence-electron chi connectivity index (χ1n) is 14.7. The van der Waals surface area contributed by atoms with Crippen molar-refractivity contribution in [2.75, 3.05) is 20.6 Å². The van der Waals surface area contributed by atoms with Crippen LogP contribution in [0.3, 0.4) is 0 Å². The van der Waals surface area contributed by atoms with Crippen molar-refractivity contribution in [3.8, 4) is 0 Å². The second-order valence-electron chi connectivity index (χ2n) is 15.2. The third-order valence-electron chi connectivity index (χ3n) is 13.7. The van der Waals surface area contributed by atoms with Crippen molar-refractivity contribution >= 4 is 6.03 Å². The van der Waals surface area contributed by atoms with Crippen molar-refractivity contribution in [2.45, 2.75) is 110 Å². The molecule has 36 heavy (non-hydrogen) atoms. The van der Waals surface area contributed by atoms with Gasteiger partial charge in [0, 0.05) is 26.1 Å². The Balaban J connectivity index is 1.30. The number of urea groups is 1. The molecule has 0 unspecified atom stereocenters. The molecule has 204 valence electrons. The van der Waals surface area contributed by atoms with Crippen LogP contribution in [0.1, 0.15) is 86.0 Å². The van der Waals surface area contributed by atoms with E-state index in [1.165, 1.54) is 32.1 Å². The van der Waals surface area contributed by atoms with Crippen LogP contribution in [0.15, 0.2) is 0 Å². The van der Waals surface area contributed by atoms with Crippen LogP contribution in [-0.4, -0.2) is 66.2 Å². The van der Waals surface area contributed by atoms with Crippen molar-refractivity contribution in [3.05, 3.63) is 0 Å². The van der Waals surface area contributed by atoms with Gasteiger partial charge in [-0.25, -0.2) is 4.79 Å². The van der Waals surface area contributed by atoms with Gasteiger partial charge in [0.15, 0.2) is 0 Å². The van der Waals surface area contributed by atoms with E-state index in [9.17, 15) is 15.0 Å². The van der Waals surface area contributed by atoms with E-state index in [1.807, 2.05) is 0 Å². The van der Waals surface area contributed by atoms with E-state index < -0.39 is 6.10 Å². The normalized spacial score (nSPS) is 56.4. The van der Waals surface area contributed by atoms with Crippen molar-refractivity contribution in [1.29, 1.82) is 0 Å². The van der Waals surface area contributed by atoms with E-state index in [2.05, 4.69) is 39.9 Å². The van der Waals surface area contributed by atoms with E-state index in [0.29, 0.717) is 41.0 Å². The Morgan fingerprint density at radius 3 is 2.36 bits per heavy atom. The monoisotopic (exact) mass is 502 g/mol. The molecule has 3 N–H and O–H groups in total. The Labute approximate surface area is 217 Å². The van der Waals surface area contributed by atoms with Crippen LogP contribution in [0, 0.1) is 50.7 Å². The molecule has 2 spiro atoms. The van der Waals surface area contributed by atoms with Crippen molar-refractivity contribution in [1.82, 2.24) is 10.2 Å². The molecule has 0 aromatic carbocycles. The summed E-state index contributed by atoms with van der Waals surface area (Å²) in [6, 6.07) is -0.0915. The van der Waals surface area contributed by atoms with Gasteiger partial charge < -0.3 is 25.2 Å². The lowest BCUT2D eigenvalue weighted by Gasteiger charge is -2.63. The number of nitrogens with one attached hydrogen (secondary N) is 1. The van der Waals surface area contributed by atoms with Gasteiger partial charge in [0.05, 0.1) is 24.4 Å². The van der Waals surface area contributed by atoms with Gasteiger partial charge >= 0.3 is 6.03 Å². The van der Waals surface area contributed by atoms with E-state index in [1.54, 1.807) is 19.0 Å². The highest BCUT2D eigenvalue weighted by atomic mass is 16.5. The number of hydrogen-bond acceptors (Lipinski definition) is 4. The van der Waals surface area contributed by atoms with Crippen LogP contribution in [0.25, 0.3) is 0 Å². The van der Waals surface area contributed by atoms with Crippen molar-refractivity contribution in [2.24, 2.45) is 50.7 Å². The summed E-state index contributed by atoms with van der Waals surface area (Å²) in [6.07, 6.45) is 8.25. The summed E-state index contributed by atoms with van der Waals surface area (Å²) in [4.78, 5) is 13.7. The minimum Gasteiger partial charge on any atom is -0.393 e. The summed E-state index contributed by atoms with van der Waals surface area (Å²) in [6.45, 7) is 12.4. The summed E-state index contributed by atoms with van der Waals surface area (Å²) < 4.78 is 6.71. The molecular weight excluding hydrogens is 452 g/mol. The molecule has 6 rings (SSSR count). The SMILES string of the molecule is C[C@@H]1C[C@H](CNC(=O)N(C)C)O[C@H]2[C@H]1[C@@]1(C)CC[C@@]34C[C@@]35CC[C@H](O)C(C)(C)[C@@H]5CC[C@H]4[C@]1(C)[C@H]2O. The predicted octanol–water partition coefficient (Wildman–Crippen LogP) is 4.43. The fourth-order valence-corrected chi connectivity index (χ4v) is 11.9. The van der Waals surface area contributed by atoms with Crippen molar-refractivity contribution in [3.63, 3.8) is 0 Å². The Kier molecular flexibility index (Phi) is 5.39. The summed E-state index contributed by atoms with van der Waals surface area (Å²) in [5, 5.41) is 26.1. The second-order valence-corrected chi connectivity index (χ2v) is 15.2. The first kappa shape index (κ1) is 25.4.